The molecule has 1 aromatic carbocycles. The lowest BCUT2D eigenvalue weighted by atomic mass is 9.73. The zero-order valence-corrected chi connectivity index (χ0v) is 16.1. The van der Waals surface area contributed by atoms with Crippen molar-refractivity contribution in [3.05, 3.63) is 36.2 Å². The summed E-state index contributed by atoms with van der Waals surface area (Å²) in [6.45, 7) is 1.35. The maximum absolute atomic E-state index is 12.9. The van der Waals surface area contributed by atoms with Crippen molar-refractivity contribution in [1.82, 2.24) is 30.4 Å². The molecule has 152 valence electrons. The number of para-hydroxylation sites is 1. The van der Waals surface area contributed by atoms with Gasteiger partial charge in [-0.25, -0.2) is 4.79 Å². The topological polar surface area (TPSA) is 119 Å². The predicted octanol–water partition coefficient (Wildman–Crippen LogP) is 1.21. The minimum Gasteiger partial charge on any atom is -0.456 e. The molecule has 2 aliphatic rings. The van der Waals surface area contributed by atoms with Crippen LogP contribution in [0.5, 0.6) is 0 Å². The summed E-state index contributed by atoms with van der Waals surface area (Å²) >= 11 is 0. The number of tetrazole rings is 1. The molecule has 0 radical (unpaired) electrons. The van der Waals surface area contributed by atoms with E-state index in [0.717, 1.165) is 29.8 Å². The van der Waals surface area contributed by atoms with Gasteiger partial charge in [0.2, 0.25) is 0 Å². The van der Waals surface area contributed by atoms with Crippen molar-refractivity contribution in [1.29, 1.82) is 0 Å². The summed E-state index contributed by atoms with van der Waals surface area (Å²) < 4.78 is 6.69. The summed E-state index contributed by atoms with van der Waals surface area (Å²) in [6, 6.07) is 8.64. The van der Waals surface area contributed by atoms with Crippen LogP contribution in [0.4, 0.5) is 4.79 Å². The van der Waals surface area contributed by atoms with E-state index < -0.39 is 24.1 Å². The highest BCUT2D eigenvalue weighted by Gasteiger charge is 2.55. The molecule has 3 amide bonds. The Morgan fingerprint density at radius 2 is 2.07 bits per heavy atom. The lowest BCUT2D eigenvalue weighted by Crippen LogP contribution is -2.54. The van der Waals surface area contributed by atoms with Crippen molar-refractivity contribution in [2.24, 2.45) is 5.92 Å². The zero-order valence-electron chi connectivity index (χ0n) is 16.1. The standard InChI is InChI=1S/C19H22N6O4/c1-13-7-5-6-10-19(13)17(27)24(18(28)20-19)11-16(26)29-12-15-21-22-23-25(15)14-8-3-2-4-9-14/h2-4,8-9,13H,5-7,10-12H2,1H3,(H,20,28)/t13-,19-/m0/s1. The zero-order chi connectivity index (χ0) is 20.4. The van der Waals surface area contributed by atoms with Crippen LogP contribution >= 0.6 is 0 Å². The van der Waals surface area contributed by atoms with E-state index in [-0.39, 0.29) is 18.4 Å². The quantitative estimate of drug-likeness (QED) is 0.594. The number of hydrogen-bond acceptors (Lipinski definition) is 7. The molecule has 1 aliphatic heterocycles. The van der Waals surface area contributed by atoms with Gasteiger partial charge >= 0.3 is 12.0 Å². The third-order valence-corrected chi connectivity index (χ3v) is 5.69. The number of ether oxygens (including phenoxy) is 1. The Kier molecular flexibility index (Phi) is 4.99. The Morgan fingerprint density at radius 3 is 2.83 bits per heavy atom. The van der Waals surface area contributed by atoms with Crippen LogP contribution in [0.3, 0.4) is 0 Å². The molecule has 2 fully saturated rings. The molecular weight excluding hydrogens is 376 g/mol. The van der Waals surface area contributed by atoms with E-state index in [0.29, 0.717) is 12.2 Å². The fourth-order valence-corrected chi connectivity index (χ4v) is 4.02. The molecule has 1 N–H and O–H groups in total. The lowest BCUT2D eigenvalue weighted by molar-refractivity contribution is -0.149. The van der Waals surface area contributed by atoms with Crippen LogP contribution in [0.15, 0.2) is 30.3 Å². The molecule has 4 rings (SSSR count). The number of nitrogens with zero attached hydrogens (tertiary/aromatic N) is 5. The smallest absolute Gasteiger partial charge is 0.326 e. The number of rotatable bonds is 5. The van der Waals surface area contributed by atoms with Gasteiger partial charge < -0.3 is 10.1 Å². The normalized spacial score (nSPS) is 24.0. The molecule has 0 bridgehead atoms. The number of imide groups is 1. The number of benzene rings is 1. The molecule has 1 saturated carbocycles. The van der Waals surface area contributed by atoms with Gasteiger partial charge in [0.15, 0.2) is 12.4 Å². The molecule has 1 spiro atoms. The fraction of sp³-hybridized carbons (Fsp3) is 0.474. The van der Waals surface area contributed by atoms with Crippen molar-refractivity contribution in [2.75, 3.05) is 6.54 Å². The monoisotopic (exact) mass is 398 g/mol. The Bertz CT molecular complexity index is 930. The number of carbonyl (C=O) groups excluding carboxylic acids is 3. The van der Waals surface area contributed by atoms with Crippen LogP contribution in [0.2, 0.25) is 0 Å². The van der Waals surface area contributed by atoms with E-state index in [9.17, 15) is 14.4 Å². The van der Waals surface area contributed by atoms with E-state index in [1.54, 1.807) is 0 Å². The molecule has 0 unspecified atom stereocenters. The van der Waals surface area contributed by atoms with Crippen molar-refractivity contribution >= 4 is 17.9 Å². The Hall–Kier alpha value is -3.30. The third kappa shape index (κ3) is 3.45. The van der Waals surface area contributed by atoms with Gasteiger partial charge in [-0.05, 0) is 41.3 Å². The SMILES string of the molecule is C[C@H]1CCCC[C@]12NC(=O)N(CC(=O)OCc1nnnn1-c1ccccc1)C2=O. The molecule has 1 saturated heterocycles. The lowest BCUT2D eigenvalue weighted by Gasteiger charge is -2.36. The summed E-state index contributed by atoms with van der Waals surface area (Å²) in [6.07, 6.45) is 3.36. The highest BCUT2D eigenvalue weighted by Crippen LogP contribution is 2.38. The number of urea groups is 1. The van der Waals surface area contributed by atoms with E-state index in [1.165, 1.54) is 4.68 Å². The van der Waals surface area contributed by atoms with E-state index in [1.807, 2.05) is 37.3 Å². The first-order chi connectivity index (χ1) is 14.0. The first kappa shape index (κ1) is 19.0. The second-order valence-electron chi connectivity index (χ2n) is 7.44. The number of amides is 3. The van der Waals surface area contributed by atoms with Gasteiger partial charge in [-0.3, -0.25) is 14.5 Å². The summed E-state index contributed by atoms with van der Waals surface area (Å²) in [5.41, 5.74) is -0.168. The number of hydrogen-bond donors (Lipinski definition) is 1. The van der Waals surface area contributed by atoms with Crippen LogP contribution in [0.25, 0.3) is 5.69 Å². The molecule has 2 atom stereocenters. The van der Waals surface area contributed by atoms with E-state index >= 15 is 0 Å². The molecule has 29 heavy (non-hydrogen) atoms. The Labute approximate surface area is 167 Å². The summed E-state index contributed by atoms with van der Waals surface area (Å²) in [5.74, 6) is -0.680. The number of esters is 1. The maximum Gasteiger partial charge on any atom is 0.326 e. The first-order valence-corrected chi connectivity index (χ1v) is 9.64. The number of nitrogens with one attached hydrogen (secondary N) is 1. The van der Waals surface area contributed by atoms with E-state index in [4.69, 9.17) is 4.74 Å². The van der Waals surface area contributed by atoms with Gasteiger partial charge in [0.25, 0.3) is 5.91 Å². The van der Waals surface area contributed by atoms with Gasteiger partial charge in [-0.1, -0.05) is 38.0 Å². The first-order valence-electron chi connectivity index (χ1n) is 9.64. The Balaban J connectivity index is 1.39. The van der Waals surface area contributed by atoms with Gasteiger partial charge in [-0.15, -0.1) is 5.10 Å². The van der Waals surface area contributed by atoms with Gasteiger partial charge in [0.1, 0.15) is 12.1 Å². The maximum atomic E-state index is 12.9. The van der Waals surface area contributed by atoms with Crippen LogP contribution < -0.4 is 5.32 Å². The van der Waals surface area contributed by atoms with Gasteiger partial charge in [0, 0.05) is 0 Å². The molecule has 1 aliphatic carbocycles. The molecule has 2 heterocycles. The number of aromatic nitrogens is 4. The molecule has 10 nitrogen and oxygen atoms in total. The highest BCUT2D eigenvalue weighted by atomic mass is 16.5. The minimum atomic E-state index is -0.896. The van der Waals surface area contributed by atoms with Crippen LogP contribution in [0.1, 0.15) is 38.4 Å². The molecule has 10 heteroatoms. The third-order valence-electron chi connectivity index (χ3n) is 5.69. The van der Waals surface area contributed by atoms with Crippen LogP contribution in [-0.2, 0) is 20.9 Å². The van der Waals surface area contributed by atoms with Crippen molar-refractivity contribution in [3.63, 3.8) is 0 Å². The van der Waals surface area contributed by atoms with Crippen molar-refractivity contribution < 1.29 is 19.1 Å². The van der Waals surface area contributed by atoms with Crippen molar-refractivity contribution in [3.8, 4) is 5.69 Å². The second kappa shape index (κ2) is 7.61. The summed E-state index contributed by atoms with van der Waals surface area (Å²) in [7, 11) is 0. The largest absolute Gasteiger partial charge is 0.456 e. The Morgan fingerprint density at radius 1 is 1.28 bits per heavy atom. The predicted molar refractivity (Wildman–Crippen MR) is 99.6 cm³/mol. The van der Waals surface area contributed by atoms with Crippen LogP contribution in [0, 0.1) is 5.92 Å². The van der Waals surface area contributed by atoms with Crippen LogP contribution in [-0.4, -0.2) is 55.1 Å². The van der Waals surface area contributed by atoms with E-state index in [2.05, 4.69) is 20.8 Å². The number of carbonyl (C=O) groups is 3. The molecule has 2 aromatic rings. The highest BCUT2D eigenvalue weighted by molar-refractivity contribution is 6.08. The summed E-state index contributed by atoms with van der Waals surface area (Å²) in [4.78, 5) is 38.5. The minimum absolute atomic E-state index is 0.0317. The average molecular weight is 398 g/mol. The molecule has 1 aromatic heterocycles. The van der Waals surface area contributed by atoms with Crippen molar-refractivity contribution in [2.45, 2.75) is 44.8 Å². The van der Waals surface area contributed by atoms with Gasteiger partial charge in [-0.2, -0.15) is 4.68 Å². The average Bonchev–Trinajstić information content (AvgIpc) is 3.29. The molecular formula is C19H22N6O4. The van der Waals surface area contributed by atoms with Gasteiger partial charge in [0.05, 0.1) is 5.69 Å². The fourth-order valence-electron chi connectivity index (χ4n) is 4.02. The summed E-state index contributed by atoms with van der Waals surface area (Å²) in [5, 5.41) is 14.2. The second-order valence-corrected chi connectivity index (χ2v) is 7.44.